The number of hydrogen-bond donors (Lipinski definition) is 0. The van der Waals surface area contributed by atoms with Crippen LogP contribution in [-0.4, -0.2) is 17.3 Å². The van der Waals surface area contributed by atoms with Crippen LogP contribution < -0.4 is 0 Å². The summed E-state index contributed by atoms with van der Waals surface area (Å²) < 4.78 is 2.72. The summed E-state index contributed by atoms with van der Waals surface area (Å²) in [6, 6.07) is 0. The van der Waals surface area contributed by atoms with Gasteiger partial charge in [0.1, 0.15) is 0 Å². The van der Waals surface area contributed by atoms with Crippen LogP contribution in [0.5, 0.6) is 0 Å². The molecule has 0 bridgehead atoms. The van der Waals surface area contributed by atoms with Gasteiger partial charge in [-0.15, -0.1) is 0 Å². The fourth-order valence-corrected chi connectivity index (χ4v) is 35.6. The van der Waals surface area contributed by atoms with E-state index in [9.17, 15) is 0 Å². The quantitative estimate of drug-likeness (QED) is 0.278. The first kappa shape index (κ1) is 27.7. The molecule has 188 valence electrons. The molecule has 0 aliphatic heterocycles. The minimum atomic E-state index is -3.13. The molecule has 3 aliphatic carbocycles. The van der Waals surface area contributed by atoms with Crippen molar-refractivity contribution in [1.29, 1.82) is 0 Å². The van der Waals surface area contributed by atoms with Crippen LogP contribution in [0.3, 0.4) is 0 Å². The van der Waals surface area contributed by atoms with E-state index >= 15 is 0 Å². The Labute approximate surface area is 210 Å². The standard InChI is InChI=1S/3C10H19.ClH.Sn/c3*1-8(2)10-6-4-9(3)5-7-10;;/h3*6,8-10H,4-5,7H2,1-3H3;1H;/q;;;;+1/p-1/t9-,10+;2*9-,10-;;/m000../s1. The molecule has 0 N–H and O–H groups in total. The molecule has 0 saturated heterocycles. The molecule has 0 aromatic heterocycles. The van der Waals surface area contributed by atoms with Crippen molar-refractivity contribution in [2.45, 2.75) is 132 Å². The van der Waals surface area contributed by atoms with Crippen molar-refractivity contribution in [3.05, 3.63) is 0 Å². The Morgan fingerprint density at radius 3 is 0.969 bits per heavy atom. The van der Waals surface area contributed by atoms with E-state index < -0.39 is 17.3 Å². The Balaban J connectivity index is 2.14. The van der Waals surface area contributed by atoms with Crippen LogP contribution in [0.2, 0.25) is 11.8 Å². The average Bonchev–Trinajstić information content (AvgIpc) is 2.72. The molecule has 0 aromatic carbocycles. The van der Waals surface area contributed by atoms with Crippen molar-refractivity contribution < 1.29 is 0 Å². The Kier molecular flexibility index (Phi) is 9.88. The maximum absolute atomic E-state index is 8.70. The third-order valence-electron chi connectivity index (χ3n) is 10.8. The molecule has 3 saturated carbocycles. The van der Waals surface area contributed by atoms with E-state index in [2.05, 4.69) is 62.3 Å². The number of halogens is 1. The Morgan fingerprint density at radius 1 is 0.500 bits per heavy atom. The molecule has 3 fully saturated rings. The van der Waals surface area contributed by atoms with Gasteiger partial charge in [-0.05, 0) is 0 Å². The Bertz CT molecular complexity index is 505. The van der Waals surface area contributed by atoms with Crippen LogP contribution in [0.4, 0.5) is 0 Å². The van der Waals surface area contributed by atoms with Crippen molar-refractivity contribution in [3.63, 3.8) is 0 Å². The molecule has 0 nitrogen and oxygen atoms in total. The maximum atomic E-state index is 8.70. The van der Waals surface area contributed by atoms with Gasteiger partial charge in [0.2, 0.25) is 0 Å². The van der Waals surface area contributed by atoms with Gasteiger partial charge in [0.05, 0.1) is 0 Å². The molecular formula is C30H57ClSn. The van der Waals surface area contributed by atoms with Crippen molar-refractivity contribution in [1.82, 2.24) is 0 Å². The molecule has 0 radical (unpaired) electrons. The summed E-state index contributed by atoms with van der Waals surface area (Å²) in [6.07, 6.45) is 13.1. The molecule has 3 aliphatic rings. The van der Waals surface area contributed by atoms with Gasteiger partial charge in [0.15, 0.2) is 0 Å². The molecule has 0 amide bonds. The van der Waals surface area contributed by atoms with Gasteiger partial charge in [-0.2, -0.15) is 0 Å². The van der Waals surface area contributed by atoms with Gasteiger partial charge in [-0.1, -0.05) is 0 Å². The second-order valence-electron chi connectivity index (χ2n) is 14.1. The molecule has 3 rings (SSSR count). The van der Waals surface area contributed by atoms with E-state index in [-0.39, 0.29) is 0 Å². The summed E-state index contributed by atoms with van der Waals surface area (Å²) in [6.45, 7) is 22.9. The molecule has 0 unspecified atom stereocenters. The van der Waals surface area contributed by atoms with Gasteiger partial charge in [0.25, 0.3) is 0 Å². The summed E-state index contributed by atoms with van der Waals surface area (Å²) in [5, 5.41) is 0. The molecular weight excluding hydrogens is 514 g/mol. The van der Waals surface area contributed by atoms with Crippen LogP contribution in [0, 0.1) is 53.3 Å². The van der Waals surface area contributed by atoms with Gasteiger partial charge in [-0.3, -0.25) is 0 Å². The predicted molar refractivity (Wildman–Crippen MR) is 147 cm³/mol. The van der Waals surface area contributed by atoms with Crippen LogP contribution in [-0.2, 0) is 0 Å². The summed E-state index contributed by atoms with van der Waals surface area (Å²) in [4.78, 5) is 0. The van der Waals surface area contributed by atoms with Crippen molar-refractivity contribution in [2.24, 2.45) is 53.3 Å². The fraction of sp³-hybridized carbons (Fsp3) is 1.00. The first-order valence-electron chi connectivity index (χ1n) is 14.7. The minimum absolute atomic E-state index is 0.805. The summed E-state index contributed by atoms with van der Waals surface area (Å²) in [7, 11) is 8.70. The first-order chi connectivity index (χ1) is 15.0. The molecule has 0 aromatic rings. The normalized spacial score (nSPS) is 42.1. The second kappa shape index (κ2) is 11.4. The topological polar surface area (TPSA) is 0 Å². The van der Waals surface area contributed by atoms with Gasteiger partial charge >= 0.3 is 211 Å². The zero-order valence-electron chi connectivity index (χ0n) is 23.2. The van der Waals surface area contributed by atoms with Crippen LogP contribution in [0.15, 0.2) is 0 Å². The van der Waals surface area contributed by atoms with Crippen molar-refractivity contribution in [3.8, 4) is 0 Å². The molecule has 9 atom stereocenters. The summed E-state index contributed by atoms with van der Waals surface area (Å²) in [5.74, 6) is 7.78. The van der Waals surface area contributed by atoms with Crippen LogP contribution in [0.25, 0.3) is 0 Å². The zero-order chi connectivity index (χ0) is 23.8. The fourth-order valence-electron chi connectivity index (χ4n) is 8.96. The SMILES string of the molecule is CC(C)[C@H]1CC[C@@H](C)C[C@H]1[Sn]([Cl])([C@@H]1C[C@H](C)CC[C@H]1C(C)C)[C@@H]1C[C@H](C)CC[C@H]1C(C)C. The number of hydrogen-bond acceptors (Lipinski definition) is 0. The van der Waals surface area contributed by atoms with Crippen LogP contribution >= 0.6 is 8.92 Å². The molecule has 32 heavy (non-hydrogen) atoms. The van der Waals surface area contributed by atoms with Crippen molar-refractivity contribution in [2.75, 3.05) is 0 Å². The van der Waals surface area contributed by atoms with E-state index in [0.717, 1.165) is 65.1 Å². The monoisotopic (exact) mass is 572 g/mol. The Hall–Kier alpha value is 1.09. The Morgan fingerprint density at radius 2 is 0.750 bits per heavy atom. The van der Waals surface area contributed by atoms with Crippen molar-refractivity contribution >= 4 is 26.2 Å². The van der Waals surface area contributed by atoms with E-state index in [1.165, 1.54) is 57.8 Å². The zero-order valence-corrected chi connectivity index (χ0v) is 26.8. The van der Waals surface area contributed by atoms with E-state index in [1.54, 1.807) is 0 Å². The third kappa shape index (κ3) is 5.73. The summed E-state index contributed by atoms with van der Waals surface area (Å²) >= 11 is -3.13. The van der Waals surface area contributed by atoms with E-state index in [1.807, 2.05) is 0 Å². The average molecular weight is 572 g/mol. The predicted octanol–water partition coefficient (Wildman–Crippen LogP) is 10.6. The molecule has 0 spiro atoms. The molecule has 2 heteroatoms. The number of rotatable bonds is 6. The summed E-state index contributed by atoms with van der Waals surface area (Å²) in [5.41, 5.74) is 0. The second-order valence-corrected chi connectivity index (χ2v) is 29.6. The first-order valence-corrected chi connectivity index (χ1v) is 23.2. The third-order valence-corrected chi connectivity index (χ3v) is 31.8. The van der Waals surface area contributed by atoms with Gasteiger partial charge < -0.3 is 0 Å². The van der Waals surface area contributed by atoms with Crippen LogP contribution in [0.1, 0.15) is 120 Å². The molecule has 0 heterocycles. The van der Waals surface area contributed by atoms with Gasteiger partial charge in [-0.25, -0.2) is 0 Å². The van der Waals surface area contributed by atoms with Gasteiger partial charge in [0, 0.05) is 0 Å². The van der Waals surface area contributed by atoms with E-state index in [0.29, 0.717) is 0 Å². The van der Waals surface area contributed by atoms with E-state index in [4.69, 9.17) is 8.92 Å².